The van der Waals surface area contributed by atoms with Crippen LogP contribution in [0.4, 0.5) is 0 Å². The van der Waals surface area contributed by atoms with Crippen LogP contribution in [0, 0.1) is 64.1 Å². The van der Waals surface area contributed by atoms with Crippen LogP contribution in [0.2, 0.25) is 0 Å². The van der Waals surface area contributed by atoms with Gasteiger partial charge in [-0.25, -0.2) is 0 Å². The van der Waals surface area contributed by atoms with E-state index in [1.807, 2.05) is 0 Å². The summed E-state index contributed by atoms with van der Waals surface area (Å²) >= 11 is 0. The standard InChI is InChI=1S/C25H44/c1-8-19-9-10-20-23-18(5)17(4)21-13-15(2)11-12-24(21,6)22(23)14-16(3)25(19,20)7/h15-23H,8-14H2,1-7H3. The van der Waals surface area contributed by atoms with Crippen molar-refractivity contribution in [2.45, 2.75) is 93.4 Å². The molecule has 4 fully saturated rings. The average Bonchev–Trinajstić information content (AvgIpc) is 2.93. The summed E-state index contributed by atoms with van der Waals surface area (Å²) in [4.78, 5) is 0. The smallest absolute Gasteiger partial charge is 0.0241 e. The Morgan fingerprint density at radius 2 is 1.52 bits per heavy atom. The van der Waals surface area contributed by atoms with Gasteiger partial charge in [0.25, 0.3) is 0 Å². The van der Waals surface area contributed by atoms with E-state index in [1.165, 1.54) is 44.9 Å². The number of rotatable bonds is 1. The predicted molar refractivity (Wildman–Crippen MR) is 108 cm³/mol. The Labute approximate surface area is 157 Å². The van der Waals surface area contributed by atoms with Crippen molar-refractivity contribution in [3.05, 3.63) is 0 Å². The van der Waals surface area contributed by atoms with Gasteiger partial charge in [-0.05, 0) is 96.2 Å². The third-order valence-electron chi connectivity index (χ3n) is 11.2. The molecule has 0 radical (unpaired) electrons. The van der Waals surface area contributed by atoms with Gasteiger partial charge in [0, 0.05) is 0 Å². The van der Waals surface area contributed by atoms with Crippen LogP contribution in [0.3, 0.4) is 0 Å². The van der Waals surface area contributed by atoms with Crippen molar-refractivity contribution in [2.24, 2.45) is 64.1 Å². The van der Waals surface area contributed by atoms with Crippen molar-refractivity contribution >= 4 is 0 Å². The maximum atomic E-state index is 2.74. The van der Waals surface area contributed by atoms with Gasteiger partial charge in [0.05, 0.1) is 0 Å². The van der Waals surface area contributed by atoms with Crippen molar-refractivity contribution in [3.63, 3.8) is 0 Å². The van der Waals surface area contributed by atoms with Crippen molar-refractivity contribution < 1.29 is 0 Å². The second kappa shape index (κ2) is 6.00. The monoisotopic (exact) mass is 344 g/mol. The van der Waals surface area contributed by atoms with E-state index in [2.05, 4.69) is 48.5 Å². The van der Waals surface area contributed by atoms with E-state index in [4.69, 9.17) is 0 Å². The van der Waals surface area contributed by atoms with E-state index in [1.54, 1.807) is 0 Å². The molecule has 25 heavy (non-hydrogen) atoms. The van der Waals surface area contributed by atoms with Crippen LogP contribution in [0.1, 0.15) is 93.4 Å². The van der Waals surface area contributed by atoms with E-state index in [0.29, 0.717) is 10.8 Å². The highest BCUT2D eigenvalue weighted by molar-refractivity contribution is 5.13. The lowest BCUT2D eigenvalue weighted by Gasteiger charge is -2.66. The molecule has 11 unspecified atom stereocenters. The Morgan fingerprint density at radius 3 is 2.20 bits per heavy atom. The molecular formula is C25H44. The van der Waals surface area contributed by atoms with Gasteiger partial charge in [-0.2, -0.15) is 0 Å². The van der Waals surface area contributed by atoms with Gasteiger partial charge in [-0.15, -0.1) is 0 Å². The SMILES string of the molecule is CCC1CCC2C3C(C)C(C)C4CC(C)CCC4(C)C3CC(C)C12C. The molecule has 0 bridgehead atoms. The first kappa shape index (κ1) is 18.4. The van der Waals surface area contributed by atoms with Crippen LogP contribution in [0.15, 0.2) is 0 Å². The normalized spacial score (nSPS) is 61.3. The lowest BCUT2D eigenvalue weighted by Crippen LogP contribution is -2.60. The Bertz CT molecular complexity index is 508. The third kappa shape index (κ3) is 2.30. The summed E-state index contributed by atoms with van der Waals surface area (Å²) in [6.07, 6.45) is 10.5. The Hall–Kier alpha value is 0. The topological polar surface area (TPSA) is 0 Å². The van der Waals surface area contributed by atoms with E-state index in [0.717, 1.165) is 53.3 Å². The minimum Gasteiger partial charge on any atom is -0.0651 e. The zero-order valence-electron chi connectivity index (χ0n) is 18.1. The second-order valence-electron chi connectivity index (χ2n) is 11.7. The summed E-state index contributed by atoms with van der Waals surface area (Å²) in [5.74, 6) is 8.81. The minimum absolute atomic E-state index is 0.634. The molecule has 0 aromatic carbocycles. The largest absolute Gasteiger partial charge is 0.0651 e. The Kier molecular flexibility index (Phi) is 4.41. The summed E-state index contributed by atoms with van der Waals surface area (Å²) in [7, 11) is 0. The summed E-state index contributed by atoms with van der Waals surface area (Å²) < 4.78 is 0. The number of fused-ring (bicyclic) bond motifs is 5. The highest BCUT2D eigenvalue weighted by Gasteiger charge is 2.64. The lowest BCUT2D eigenvalue weighted by atomic mass is 9.38. The molecule has 4 saturated carbocycles. The number of hydrogen-bond donors (Lipinski definition) is 0. The lowest BCUT2D eigenvalue weighted by molar-refractivity contribution is -0.180. The first-order valence-electron chi connectivity index (χ1n) is 11.7. The maximum Gasteiger partial charge on any atom is -0.0241 e. The zero-order valence-corrected chi connectivity index (χ0v) is 18.1. The van der Waals surface area contributed by atoms with Crippen LogP contribution in [0.5, 0.6) is 0 Å². The van der Waals surface area contributed by atoms with Gasteiger partial charge < -0.3 is 0 Å². The van der Waals surface area contributed by atoms with Gasteiger partial charge in [0.15, 0.2) is 0 Å². The van der Waals surface area contributed by atoms with Crippen LogP contribution >= 0.6 is 0 Å². The summed E-state index contributed by atoms with van der Waals surface area (Å²) in [5, 5.41) is 0. The van der Waals surface area contributed by atoms with E-state index in [-0.39, 0.29) is 0 Å². The van der Waals surface area contributed by atoms with Gasteiger partial charge in [0.1, 0.15) is 0 Å². The molecule has 0 N–H and O–H groups in total. The van der Waals surface area contributed by atoms with Gasteiger partial charge in [-0.1, -0.05) is 61.3 Å². The molecule has 0 saturated heterocycles. The van der Waals surface area contributed by atoms with Crippen molar-refractivity contribution in [1.82, 2.24) is 0 Å². The average molecular weight is 345 g/mol. The second-order valence-corrected chi connectivity index (χ2v) is 11.7. The third-order valence-corrected chi connectivity index (χ3v) is 11.2. The highest BCUT2D eigenvalue weighted by atomic mass is 14.7. The molecule has 4 aliphatic rings. The van der Waals surface area contributed by atoms with Crippen LogP contribution in [0.25, 0.3) is 0 Å². The summed E-state index contributed by atoms with van der Waals surface area (Å²) in [6, 6.07) is 0. The molecule has 11 atom stereocenters. The predicted octanol–water partition coefficient (Wildman–Crippen LogP) is 7.43. The number of hydrogen-bond acceptors (Lipinski definition) is 0. The Balaban J connectivity index is 1.74. The van der Waals surface area contributed by atoms with Crippen LogP contribution < -0.4 is 0 Å². The fraction of sp³-hybridized carbons (Fsp3) is 1.00. The quantitative estimate of drug-likeness (QED) is 0.464. The highest BCUT2D eigenvalue weighted by Crippen LogP contribution is 2.71. The molecule has 0 aromatic heterocycles. The molecular weight excluding hydrogens is 300 g/mol. The van der Waals surface area contributed by atoms with E-state index in [9.17, 15) is 0 Å². The summed E-state index contributed by atoms with van der Waals surface area (Å²) in [6.45, 7) is 18.4. The zero-order chi connectivity index (χ0) is 18.1. The molecule has 0 amide bonds. The molecule has 0 aromatic rings. The molecule has 0 aliphatic heterocycles. The van der Waals surface area contributed by atoms with Crippen molar-refractivity contribution in [3.8, 4) is 0 Å². The Morgan fingerprint density at radius 1 is 0.800 bits per heavy atom. The fourth-order valence-electron chi connectivity index (χ4n) is 9.39. The molecule has 4 rings (SSSR count). The van der Waals surface area contributed by atoms with Gasteiger partial charge in [0.2, 0.25) is 0 Å². The van der Waals surface area contributed by atoms with Crippen molar-refractivity contribution in [2.75, 3.05) is 0 Å². The van der Waals surface area contributed by atoms with Gasteiger partial charge >= 0.3 is 0 Å². The molecule has 0 heteroatoms. The molecule has 0 nitrogen and oxygen atoms in total. The van der Waals surface area contributed by atoms with E-state index < -0.39 is 0 Å². The minimum atomic E-state index is 0.634. The first-order valence-corrected chi connectivity index (χ1v) is 11.7. The first-order chi connectivity index (χ1) is 11.7. The molecule has 0 heterocycles. The van der Waals surface area contributed by atoms with Crippen LogP contribution in [-0.4, -0.2) is 0 Å². The van der Waals surface area contributed by atoms with E-state index >= 15 is 0 Å². The maximum absolute atomic E-state index is 2.74. The van der Waals surface area contributed by atoms with Gasteiger partial charge in [-0.3, -0.25) is 0 Å². The molecule has 4 aliphatic carbocycles. The summed E-state index contributed by atoms with van der Waals surface area (Å²) in [5.41, 5.74) is 1.28. The molecule has 0 spiro atoms. The van der Waals surface area contributed by atoms with Crippen LogP contribution in [-0.2, 0) is 0 Å². The van der Waals surface area contributed by atoms with Crippen molar-refractivity contribution in [1.29, 1.82) is 0 Å². The molecule has 144 valence electrons. The fourth-order valence-corrected chi connectivity index (χ4v) is 9.39.